The molecule has 0 aromatic heterocycles. The zero-order valence-electron chi connectivity index (χ0n) is 12.2. The van der Waals surface area contributed by atoms with E-state index in [0.29, 0.717) is 11.0 Å². The second kappa shape index (κ2) is 7.74. The summed E-state index contributed by atoms with van der Waals surface area (Å²) in [5.74, 6) is -0.336. The fraction of sp³-hybridized carbons (Fsp3) is 0.462. The second-order valence-electron chi connectivity index (χ2n) is 4.35. The summed E-state index contributed by atoms with van der Waals surface area (Å²) in [5, 5.41) is 2.75. The molecule has 6 nitrogen and oxygen atoms in total. The van der Waals surface area contributed by atoms with Gasteiger partial charge in [-0.1, -0.05) is 29.4 Å². The molecule has 0 spiro atoms. The average molecular weight is 335 g/mol. The van der Waals surface area contributed by atoms with E-state index in [-0.39, 0.29) is 21.4 Å². The third-order valence-corrected chi connectivity index (χ3v) is 5.04. The summed E-state index contributed by atoms with van der Waals surface area (Å²) in [6.07, 6.45) is 1.82. The number of hydrogen-bond acceptors (Lipinski definition) is 4. The van der Waals surface area contributed by atoms with Gasteiger partial charge in [-0.15, -0.1) is 0 Å². The van der Waals surface area contributed by atoms with Gasteiger partial charge in [0.15, 0.2) is 0 Å². The highest BCUT2D eigenvalue weighted by Gasteiger charge is 2.25. The van der Waals surface area contributed by atoms with Crippen molar-refractivity contribution in [2.75, 3.05) is 20.7 Å². The Morgan fingerprint density at radius 3 is 2.67 bits per heavy atom. The molecule has 0 bridgehead atoms. The number of carbonyl (C=O) groups is 1. The average Bonchev–Trinajstić information content (AvgIpc) is 2.46. The van der Waals surface area contributed by atoms with Crippen LogP contribution in [0, 0.1) is 0 Å². The topological polar surface area (TPSA) is 75.7 Å². The number of unbranched alkanes of at least 4 members (excludes halogenated alkanes) is 1. The second-order valence-corrected chi connectivity index (χ2v) is 6.66. The van der Waals surface area contributed by atoms with E-state index in [1.807, 2.05) is 6.92 Å². The summed E-state index contributed by atoms with van der Waals surface area (Å²) in [7, 11) is -1.42. The van der Waals surface area contributed by atoms with Gasteiger partial charge in [-0.2, -0.15) is 0 Å². The fourth-order valence-electron chi connectivity index (χ4n) is 1.56. The quantitative estimate of drug-likeness (QED) is 0.611. The number of sulfonamides is 1. The van der Waals surface area contributed by atoms with E-state index in [1.165, 1.54) is 32.4 Å². The lowest BCUT2D eigenvalue weighted by atomic mass is 10.2. The highest BCUT2D eigenvalue weighted by atomic mass is 35.5. The van der Waals surface area contributed by atoms with Gasteiger partial charge in [-0.05, 0) is 24.6 Å². The maximum Gasteiger partial charge on any atom is 0.266 e. The molecular formula is C13H19ClN2O4S. The molecule has 0 heterocycles. The monoisotopic (exact) mass is 334 g/mol. The molecule has 118 valence electrons. The molecular weight excluding hydrogens is 316 g/mol. The van der Waals surface area contributed by atoms with Crippen molar-refractivity contribution in [3.63, 3.8) is 0 Å². The summed E-state index contributed by atoms with van der Waals surface area (Å²) in [4.78, 5) is 16.5. The maximum atomic E-state index is 12.2. The molecule has 1 aromatic carbocycles. The van der Waals surface area contributed by atoms with Crippen LogP contribution in [0.2, 0.25) is 5.02 Å². The van der Waals surface area contributed by atoms with Crippen LogP contribution in [0.1, 0.15) is 30.1 Å². The Hall–Kier alpha value is -1.15. The minimum Gasteiger partial charge on any atom is -0.352 e. The summed E-state index contributed by atoms with van der Waals surface area (Å²) in [6.45, 7) is 2.55. The lowest BCUT2D eigenvalue weighted by molar-refractivity contribution is -0.0258. The molecule has 0 fully saturated rings. The molecule has 1 N–H and O–H groups in total. The molecule has 0 saturated heterocycles. The highest BCUT2D eigenvalue weighted by molar-refractivity contribution is 7.89. The van der Waals surface area contributed by atoms with Crippen LogP contribution in [0.5, 0.6) is 0 Å². The third-order valence-electron chi connectivity index (χ3n) is 2.88. The zero-order chi connectivity index (χ0) is 16.0. The molecule has 0 aliphatic heterocycles. The Labute approximate surface area is 130 Å². The van der Waals surface area contributed by atoms with Crippen LogP contribution in [0.15, 0.2) is 23.1 Å². The SMILES string of the molecule is CCCCNC(=O)c1ccc(Cl)c(S(=O)(=O)N(C)OC)c1. The van der Waals surface area contributed by atoms with Crippen LogP contribution >= 0.6 is 11.6 Å². The number of hydrogen-bond donors (Lipinski definition) is 1. The molecule has 0 saturated carbocycles. The minimum atomic E-state index is -3.90. The van der Waals surface area contributed by atoms with Crippen molar-refractivity contribution < 1.29 is 18.0 Å². The van der Waals surface area contributed by atoms with E-state index in [0.717, 1.165) is 12.8 Å². The lowest BCUT2D eigenvalue weighted by Gasteiger charge is -2.15. The van der Waals surface area contributed by atoms with E-state index in [9.17, 15) is 13.2 Å². The van der Waals surface area contributed by atoms with Crippen LogP contribution in [-0.4, -0.2) is 39.5 Å². The zero-order valence-corrected chi connectivity index (χ0v) is 13.8. The van der Waals surface area contributed by atoms with Crippen molar-refractivity contribution in [3.05, 3.63) is 28.8 Å². The predicted octanol–water partition coefficient (Wildman–Crippen LogP) is 2.05. The first-order chi connectivity index (χ1) is 9.84. The van der Waals surface area contributed by atoms with Gasteiger partial charge < -0.3 is 5.32 Å². The normalized spacial score (nSPS) is 11.7. The van der Waals surface area contributed by atoms with Gasteiger partial charge in [0.2, 0.25) is 0 Å². The van der Waals surface area contributed by atoms with Gasteiger partial charge in [0.05, 0.1) is 12.1 Å². The van der Waals surface area contributed by atoms with Crippen molar-refractivity contribution in [3.8, 4) is 0 Å². The molecule has 0 radical (unpaired) electrons. The molecule has 1 amide bonds. The number of carbonyl (C=O) groups excluding carboxylic acids is 1. The van der Waals surface area contributed by atoms with Crippen LogP contribution in [0.4, 0.5) is 0 Å². The first-order valence-corrected chi connectivity index (χ1v) is 8.27. The van der Waals surface area contributed by atoms with Gasteiger partial charge in [-0.25, -0.2) is 8.42 Å². The van der Waals surface area contributed by atoms with E-state index < -0.39 is 10.0 Å². The summed E-state index contributed by atoms with van der Waals surface area (Å²) in [5.41, 5.74) is 0.235. The highest BCUT2D eigenvalue weighted by Crippen LogP contribution is 2.25. The Morgan fingerprint density at radius 1 is 1.43 bits per heavy atom. The largest absolute Gasteiger partial charge is 0.352 e. The number of amides is 1. The van der Waals surface area contributed by atoms with Crippen LogP contribution in [-0.2, 0) is 14.9 Å². The summed E-state index contributed by atoms with van der Waals surface area (Å²) < 4.78 is 25.1. The van der Waals surface area contributed by atoms with Crippen molar-refractivity contribution in [2.45, 2.75) is 24.7 Å². The summed E-state index contributed by atoms with van der Waals surface area (Å²) in [6, 6.07) is 4.11. The van der Waals surface area contributed by atoms with Crippen LogP contribution in [0.25, 0.3) is 0 Å². The van der Waals surface area contributed by atoms with E-state index in [4.69, 9.17) is 16.4 Å². The standard InChI is InChI=1S/C13H19ClN2O4S/c1-4-5-8-15-13(17)10-6-7-11(14)12(9-10)21(18,19)16(2)20-3/h6-7,9H,4-5,8H2,1-3H3,(H,15,17). The first-order valence-electron chi connectivity index (χ1n) is 6.45. The van der Waals surface area contributed by atoms with Gasteiger partial charge in [0.25, 0.3) is 15.9 Å². The van der Waals surface area contributed by atoms with Crippen molar-refractivity contribution in [1.29, 1.82) is 0 Å². The molecule has 21 heavy (non-hydrogen) atoms. The van der Waals surface area contributed by atoms with E-state index in [2.05, 4.69) is 5.32 Å². The number of benzene rings is 1. The third kappa shape index (κ3) is 4.41. The molecule has 0 aliphatic rings. The molecule has 0 atom stereocenters. The fourth-order valence-corrected chi connectivity index (χ4v) is 3.03. The predicted molar refractivity (Wildman–Crippen MR) is 80.7 cm³/mol. The molecule has 0 aliphatic carbocycles. The number of nitrogens with one attached hydrogen (secondary N) is 1. The van der Waals surface area contributed by atoms with E-state index in [1.54, 1.807) is 0 Å². The summed E-state index contributed by atoms with van der Waals surface area (Å²) >= 11 is 5.92. The number of nitrogens with zero attached hydrogens (tertiary/aromatic N) is 1. The lowest BCUT2D eigenvalue weighted by Crippen LogP contribution is -2.27. The Bertz CT molecular complexity index is 604. The molecule has 8 heteroatoms. The number of halogens is 1. The Balaban J connectivity index is 3.08. The van der Waals surface area contributed by atoms with E-state index >= 15 is 0 Å². The number of hydroxylamine groups is 1. The van der Waals surface area contributed by atoms with Gasteiger partial charge >= 0.3 is 0 Å². The van der Waals surface area contributed by atoms with Crippen molar-refractivity contribution >= 4 is 27.5 Å². The smallest absolute Gasteiger partial charge is 0.266 e. The van der Waals surface area contributed by atoms with Gasteiger partial charge in [0, 0.05) is 19.2 Å². The Kier molecular flexibility index (Phi) is 6.60. The first kappa shape index (κ1) is 17.9. The Morgan fingerprint density at radius 2 is 2.10 bits per heavy atom. The van der Waals surface area contributed by atoms with Crippen molar-refractivity contribution in [1.82, 2.24) is 9.79 Å². The van der Waals surface area contributed by atoms with Crippen LogP contribution < -0.4 is 5.32 Å². The maximum absolute atomic E-state index is 12.2. The molecule has 1 aromatic rings. The van der Waals surface area contributed by atoms with Crippen LogP contribution in [0.3, 0.4) is 0 Å². The molecule has 1 rings (SSSR count). The van der Waals surface area contributed by atoms with Gasteiger partial charge in [0.1, 0.15) is 4.90 Å². The number of rotatable bonds is 7. The van der Waals surface area contributed by atoms with Crippen molar-refractivity contribution in [2.24, 2.45) is 0 Å². The minimum absolute atomic E-state index is 0.0315. The molecule has 0 unspecified atom stereocenters. The van der Waals surface area contributed by atoms with Gasteiger partial charge in [-0.3, -0.25) is 9.63 Å².